The van der Waals surface area contributed by atoms with E-state index >= 15 is 0 Å². The highest BCUT2D eigenvalue weighted by Crippen LogP contribution is 2.08. The first kappa shape index (κ1) is 9.17. The van der Waals surface area contributed by atoms with E-state index in [0.717, 1.165) is 20.1 Å². The minimum atomic E-state index is 0.208. The summed E-state index contributed by atoms with van der Waals surface area (Å²) in [4.78, 5) is 12.3. The van der Waals surface area contributed by atoms with Crippen LogP contribution in [-0.4, -0.2) is 29.6 Å². The average molecular weight is 143 g/mol. The zero-order valence-electron chi connectivity index (χ0n) is 6.21. The molecule has 0 bridgehead atoms. The molecular formula is C7H13NO2. The fourth-order valence-corrected chi connectivity index (χ4v) is 0.862. The van der Waals surface area contributed by atoms with Gasteiger partial charge in [-0.1, -0.05) is 6.58 Å². The van der Waals surface area contributed by atoms with Gasteiger partial charge < -0.3 is 10.0 Å². The first-order valence-corrected chi connectivity index (χ1v) is 3.21. The zero-order valence-corrected chi connectivity index (χ0v) is 6.21. The van der Waals surface area contributed by atoms with E-state index in [1.165, 1.54) is 0 Å². The molecule has 0 aromatic rings. The standard InChI is InChI=1S/C6H9NO.CH4O/c1-2-7-5-3-4-6(7)8;1-2/h2H,1,3-5H2;2H,1H3. The van der Waals surface area contributed by atoms with Crippen molar-refractivity contribution in [2.75, 3.05) is 13.7 Å². The number of nitrogens with zero attached hydrogens (tertiary/aromatic N) is 1. The molecule has 1 heterocycles. The number of carbonyl (C=O) groups is 1. The predicted octanol–water partition coefficient (Wildman–Crippen LogP) is 0.361. The van der Waals surface area contributed by atoms with Crippen LogP contribution >= 0.6 is 0 Å². The lowest BCUT2D eigenvalue weighted by Crippen LogP contribution is -2.16. The summed E-state index contributed by atoms with van der Waals surface area (Å²) in [6.45, 7) is 4.36. The molecule has 1 aliphatic heterocycles. The lowest BCUT2D eigenvalue weighted by atomic mass is 10.4. The Balaban J connectivity index is 0.000000371. The third-order valence-corrected chi connectivity index (χ3v) is 1.33. The molecule has 1 fully saturated rings. The van der Waals surface area contributed by atoms with Gasteiger partial charge in [0, 0.05) is 20.1 Å². The normalized spacial score (nSPS) is 16.2. The molecule has 58 valence electrons. The van der Waals surface area contributed by atoms with Crippen molar-refractivity contribution in [3.05, 3.63) is 12.8 Å². The van der Waals surface area contributed by atoms with E-state index < -0.39 is 0 Å². The topological polar surface area (TPSA) is 40.5 Å². The molecule has 0 aromatic carbocycles. The SMILES string of the molecule is C=CN1CCCC1=O.CO. The van der Waals surface area contributed by atoms with Crippen molar-refractivity contribution in [1.29, 1.82) is 0 Å². The molecule has 0 aliphatic carbocycles. The van der Waals surface area contributed by atoms with Gasteiger partial charge in [0.2, 0.25) is 5.91 Å². The summed E-state index contributed by atoms with van der Waals surface area (Å²) in [7, 11) is 1.00. The van der Waals surface area contributed by atoms with Crippen LogP contribution < -0.4 is 0 Å². The van der Waals surface area contributed by atoms with Gasteiger partial charge in [0.15, 0.2) is 0 Å². The average Bonchev–Trinajstić information content (AvgIpc) is 2.39. The second kappa shape index (κ2) is 4.99. The van der Waals surface area contributed by atoms with Gasteiger partial charge in [0.05, 0.1) is 0 Å². The number of rotatable bonds is 1. The maximum absolute atomic E-state index is 10.7. The molecule has 0 atom stereocenters. The first-order chi connectivity index (χ1) is 4.84. The lowest BCUT2D eigenvalue weighted by Gasteiger charge is -2.05. The smallest absolute Gasteiger partial charge is 0.226 e. The van der Waals surface area contributed by atoms with Crippen LogP contribution in [0.4, 0.5) is 0 Å². The third-order valence-electron chi connectivity index (χ3n) is 1.33. The Hall–Kier alpha value is -0.830. The molecule has 0 unspecified atom stereocenters. The summed E-state index contributed by atoms with van der Waals surface area (Å²) in [6.07, 6.45) is 3.28. The van der Waals surface area contributed by atoms with Crippen LogP contribution in [0.2, 0.25) is 0 Å². The molecule has 1 saturated heterocycles. The molecule has 1 rings (SSSR count). The maximum Gasteiger partial charge on any atom is 0.226 e. The van der Waals surface area contributed by atoms with Crippen LogP contribution in [-0.2, 0) is 4.79 Å². The molecule has 10 heavy (non-hydrogen) atoms. The Morgan fingerprint density at radius 2 is 2.30 bits per heavy atom. The van der Waals surface area contributed by atoms with Gasteiger partial charge >= 0.3 is 0 Å². The number of aliphatic hydroxyl groups is 1. The zero-order chi connectivity index (χ0) is 7.98. The van der Waals surface area contributed by atoms with E-state index in [4.69, 9.17) is 5.11 Å². The molecule has 0 saturated carbocycles. The van der Waals surface area contributed by atoms with Crippen molar-refractivity contribution < 1.29 is 9.90 Å². The van der Waals surface area contributed by atoms with Crippen LogP contribution in [0.25, 0.3) is 0 Å². The minimum absolute atomic E-state index is 0.208. The van der Waals surface area contributed by atoms with Gasteiger partial charge in [-0.25, -0.2) is 0 Å². The Bertz CT molecular complexity index is 123. The van der Waals surface area contributed by atoms with E-state index in [9.17, 15) is 4.79 Å². The van der Waals surface area contributed by atoms with Gasteiger partial charge in [-0.2, -0.15) is 0 Å². The van der Waals surface area contributed by atoms with Crippen LogP contribution in [0.15, 0.2) is 12.8 Å². The summed E-state index contributed by atoms with van der Waals surface area (Å²) in [6, 6.07) is 0. The Labute approximate surface area is 61.0 Å². The Kier molecular flexibility index (Phi) is 4.58. The van der Waals surface area contributed by atoms with Crippen LogP contribution in [0.3, 0.4) is 0 Å². The predicted molar refractivity (Wildman–Crippen MR) is 39.3 cm³/mol. The van der Waals surface area contributed by atoms with Crippen molar-refractivity contribution in [3.8, 4) is 0 Å². The van der Waals surface area contributed by atoms with Crippen molar-refractivity contribution in [3.63, 3.8) is 0 Å². The van der Waals surface area contributed by atoms with Gasteiger partial charge in [0.1, 0.15) is 0 Å². The largest absolute Gasteiger partial charge is 0.400 e. The molecule has 1 aliphatic rings. The number of hydrogen-bond donors (Lipinski definition) is 1. The molecule has 1 amide bonds. The van der Waals surface area contributed by atoms with Crippen LogP contribution in [0.5, 0.6) is 0 Å². The van der Waals surface area contributed by atoms with Crippen molar-refractivity contribution in [1.82, 2.24) is 4.90 Å². The molecule has 0 aromatic heterocycles. The molecular weight excluding hydrogens is 130 g/mol. The highest BCUT2D eigenvalue weighted by atomic mass is 16.2. The summed E-state index contributed by atoms with van der Waals surface area (Å²) < 4.78 is 0. The molecule has 1 N–H and O–H groups in total. The monoisotopic (exact) mass is 143 g/mol. The van der Waals surface area contributed by atoms with Gasteiger partial charge in [-0.3, -0.25) is 4.79 Å². The highest BCUT2D eigenvalue weighted by Gasteiger charge is 2.15. The Morgan fingerprint density at radius 1 is 1.70 bits per heavy atom. The quantitative estimate of drug-likeness (QED) is 0.575. The van der Waals surface area contributed by atoms with Gasteiger partial charge in [0.25, 0.3) is 0 Å². The number of carbonyl (C=O) groups excluding carboxylic acids is 1. The molecule has 0 radical (unpaired) electrons. The first-order valence-electron chi connectivity index (χ1n) is 3.21. The number of likely N-dealkylation sites (tertiary alicyclic amines) is 1. The Morgan fingerprint density at radius 3 is 2.50 bits per heavy atom. The lowest BCUT2D eigenvalue weighted by molar-refractivity contribution is -0.125. The second-order valence-electron chi connectivity index (χ2n) is 1.87. The van der Waals surface area contributed by atoms with Crippen molar-refractivity contribution >= 4 is 5.91 Å². The highest BCUT2D eigenvalue weighted by molar-refractivity contribution is 5.78. The number of hydrogen-bond acceptors (Lipinski definition) is 2. The molecule has 3 heteroatoms. The molecule has 3 nitrogen and oxygen atoms in total. The van der Waals surface area contributed by atoms with Crippen LogP contribution in [0, 0.1) is 0 Å². The second-order valence-corrected chi connectivity index (χ2v) is 1.87. The van der Waals surface area contributed by atoms with E-state index in [2.05, 4.69) is 6.58 Å². The summed E-state index contributed by atoms with van der Waals surface area (Å²) in [5.41, 5.74) is 0. The minimum Gasteiger partial charge on any atom is -0.400 e. The van der Waals surface area contributed by atoms with E-state index in [1.807, 2.05) is 0 Å². The van der Waals surface area contributed by atoms with Crippen molar-refractivity contribution in [2.45, 2.75) is 12.8 Å². The number of aliphatic hydroxyl groups excluding tert-OH is 1. The fourth-order valence-electron chi connectivity index (χ4n) is 0.862. The third kappa shape index (κ3) is 2.19. The van der Waals surface area contributed by atoms with Crippen molar-refractivity contribution in [2.24, 2.45) is 0 Å². The fraction of sp³-hybridized carbons (Fsp3) is 0.571. The van der Waals surface area contributed by atoms with Gasteiger partial charge in [-0.15, -0.1) is 0 Å². The van der Waals surface area contributed by atoms with E-state index in [-0.39, 0.29) is 5.91 Å². The van der Waals surface area contributed by atoms with E-state index in [0.29, 0.717) is 6.42 Å². The van der Waals surface area contributed by atoms with Crippen LogP contribution in [0.1, 0.15) is 12.8 Å². The van der Waals surface area contributed by atoms with Gasteiger partial charge in [-0.05, 0) is 12.6 Å². The maximum atomic E-state index is 10.7. The summed E-state index contributed by atoms with van der Waals surface area (Å²) >= 11 is 0. The van der Waals surface area contributed by atoms with E-state index in [1.54, 1.807) is 11.1 Å². The summed E-state index contributed by atoms with van der Waals surface area (Å²) in [5, 5.41) is 7.00. The summed E-state index contributed by atoms with van der Waals surface area (Å²) in [5.74, 6) is 0.208. The number of amides is 1. The molecule has 0 spiro atoms.